The monoisotopic (exact) mass is 352 g/mol. The average Bonchev–Trinajstić information content (AvgIpc) is 3.06. The van der Waals surface area contributed by atoms with Crippen LogP contribution in [-0.4, -0.2) is 53.0 Å². The Morgan fingerprint density at radius 3 is 2.96 bits per heavy atom. The Labute approximate surface area is 153 Å². The molecule has 1 aliphatic heterocycles. The topological polar surface area (TPSA) is 32.3 Å². The summed E-state index contributed by atoms with van der Waals surface area (Å²) >= 11 is 1.68. The molecule has 0 saturated carbocycles. The van der Waals surface area contributed by atoms with Crippen molar-refractivity contribution in [2.75, 3.05) is 33.2 Å². The summed E-state index contributed by atoms with van der Waals surface area (Å²) < 4.78 is 0. The fraction of sp³-hybridized carbons (Fsp3) is 0.400. The Hall–Kier alpha value is -1.82. The van der Waals surface area contributed by atoms with E-state index in [9.17, 15) is 0 Å². The highest BCUT2D eigenvalue weighted by Gasteiger charge is 2.22. The molecule has 4 rings (SSSR count). The molecule has 0 amide bonds. The van der Waals surface area contributed by atoms with Gasteiger partial charge in [0.2, 0.25) is 0 Å². The highest BCUT2D eigenvalue weighted by Crippen LogP contribution is 2.19. The van der Waals surface area contributed by atoms with Gasteiger partial charge in [0.05, 0.1) is 16.7 Å². The van der Waals surface area contributed by atoms with E-state index in [4.69, 9.17) is 0 Å². The molecule has 3 aromatic rings. The minimum atomic E-state index is 0.620. The molecule has 0 bridgehead atoms. The van der Waals surface area contributed by atoms with Crippen LogP contribution in [0.2, 0.25) is 0 Å². The van der Waals surface area contributed by atoms with Gasteiger partial charge in [-0.2, -0.15) is 0 Å². The number of aromatic nitrogens is 2. The minimum Gasteiger partial charge on any atom is -0.305 e. The first-order valence-electron chi connectivity index (χ1n) is 8.88. The van der Waals surface area contributed by atoms with Crippen LogP contribution in [0.5, 0.6) is 0 Å². The van der Waals surface area contributed by atoms with E-state index in [0.29, 0.717) is 5.92 Å². The van der Waals surface area contributed by atoms with Crippen LogP contribution in [-0.2, 0) is 13.0 Å². The summed E-state index contributed by atoms with van der Waals surface area (Å²) in [4.78, 5) is 14.1. The second kappa shape index (κ2) is 7.60. The van der Waals surface area contributed by atoms with E-state index in [1.165, 1.54) is 16.6 Å². The smallest absolute Gasteiger partial charge is 0.0795 e. The van der Waals surface area contributed by atoms with Gasteiger partial charge in [0.15, 0.2) is 0 Å². The first-order valence-corrected chi connectivity index (χ1v) is 9.82. The summed E-state index contributed by atoms with van der Waals surface area (Å²) in [5.41, 5.74) is 5.54. The zero-order valence-electron chi connectivity index (χ0n) is 14.6. The maximum Gasteiger partial charge on any atom is 0.0795 e. The molecule has 0 radical (unpaired) electrons. The summed E-state index contributed by atoms with van der Waals surface area (Å²) in [6.07, 6.45) is 3.13. The van der Waals surface area contributed by atoms with Gasteiger partial charge < -0.3 is 4.90 Å². The molecule has 0 aliphatic carbocycles. The Balaban J connectivity index is 1.48. The lowest BCUT2D eigenvalue weighted by atomic mass is 9.98. The Morgan fingerprint density at radius 1 is 1.16 bits per heavy atom. The number of benzene rings is 1. The summed E-state index contributed by atoms with van der Waals surface area (Å²) in [6.45, 7) is 5.45. The molecule has 0 N–H and O–H groups in total. The molecular formula is C20H24N4S. The van der Waals surface area contributed by atoms with Crippen molar-refractivity contribution in [3.8, 4) is 0 Å². The molecule has 25 heavy (non-hydrogen) atoms. The molecule has 3 heterocycles. The quantitative estimate of drug-likeness (QED) is 0.721. The molecule has 4 nitrogen and oxygen atoms in total. The highest BCUT2D eigenvalue weighted by atomic mass is 32.1. The molecule has 0 unspecified atom stereocenters. The lowest BCUT2D eigenvalue weighted by Gasteiger charge is -2.23. The molecular weight excluding hydrogens is 328 g/mol. The van der Waals surface area contributed by atoms with Gasteiger partial charge in [-0.1, -0.05) is 18.2 Å². The Kier molecular flexibility index (Phi) is 5.06. The predicted octanol–water partition coefficient (Wildman–Crippen LogP) is 3.30. The van der Waals surface area contributed by atoms with E-state index in [0.717, 1.165) is 44.7 Å². The Morgan fingerprint density at radius 2 is 2.08 bits per heavy atom. The number of nitrogens with zero attached hydrogens (tertiary/aromatic N) is 4. The van der Waals surface area contributed by atoms with Crippen molar-refractivity contribution in [3.05, 3.63) is 58.7 Å². The Bertz CT molecular complexity index is 817. The summed E-state index contributed by atoms with van der Waals surface area (Å²) in [6, 6.07) is 10.7. The highest BCUT2D eigenvalue weighted by molar-refractivity contribution is 7.07. The third-order valence-corrected chi connectivity index (χ3v) is 5.56. The lowest BCUT2D eigenvalue weighted by molar-refractivity contribution is 0.246. The SMILES string of the molecule is CN1CCN(Cc2cscn2)C[C@@H](Cc2cnc3ccccc3c2)C1. The largest absolute Gasteiger partial charge is 0.305 e. The number of thiazole rings is 1. The van der Waals surface area contributed by atoms with E-state index < -0.39 is 0 Å². The van der Waals surface area contributed by atoms with Crippen LogP contribution < -0.4 is 0 Å². The molecule has 1 aromatic carbocycles. The number of rotatable bonds is 4. The van der Waals surface area contributed by atoms with Gasteiger partial charge in [-0.05, 0) is 37.1 Å². The van der Waals surface area contributed by atoms with Crippen LogP contribution in [0.1, 0.15) is 11.3 Å². The maximum atomic E-state index is 4.63. The van der Waals surface area contributed by atoms with Crippen LogP contribution in [0.4, 0.5) is 0 Å². The molecule has 1 saturated heterocycles. The van der Waals surface area contributed by atoms with Crippen LogP contribution in [0.15, 0.2) is 47.4 Å². The fourth-order valence-electron chi connectivity index (χ4n) is 3.74. The molecule has 5 heteroatoms. The van der Waals surface area contributed by atoms with Crippen LogP contribution in [0.25, 0.3) is 10.9 Å². The number of pyridine rings is 1. The zero-order valence-corrected chi connectivity index (χ0v) is 15.5. The van der Waals surface area contributed by atoms with Crippen molar-refractivity contribution in [2.24, 2.45) is 5.92 Å². The van der Waals surface area contributed by atoms with Crippen molar-refractivity contribution in [2.45, 2.75) is 13.0 Å². The summed E-state index contributed by atoms with van der Waals surface area (Å²) in [5.74, 6) is 0.620. The van der Waals surface area contributed by atoms with Gasteiger partial charge in [0.1, 0.15) is 0 Å². The van der Waals surface area contributed by atoms with Crippen LogP contribution in [0.3, 0.4) is 0 Å². The van der Waals surface area contributed by atoms with Gasteiger partial charge >= 0.3 is 0 Å². The second-order valence-electron chi connectivity index (χ2n) is 7.08. The van der Waals surface area contributed by atoms with Crippen LogP contribution in [0, 0.1) is 5.92 Å². The maximum absolute atomic E-state index is 4.63. The number of para-hydroxylation sites is 1. The summed E-state index contributed by atoms with van der Waals surface area (Å²) in [7, 11) is 2.23. The lowest BCUT2D eigenvalue weighted by Crippen LogP contribution is -2.30. The van der Waals surface area contributed by atoms with Gasteiger partial charge in [-0.15, -0.1) is 11.3 Å². The summed E-state index contributed by atoms with van der Waals surface area (Å²) in [5, 5.41) is 3.40. The molecule has 1 atom stereocenters. The third kappa shape index (κ3) is 4.24. The van der Waals surface area contributed by atoms with Gasteiger partial charge in [0.25, 0.3) is 0 Å². The second-order valence-corrected chi connectivity index (χ2v) is 7.80. The molecule has 1 aliphatic rings. The van der Waals surface area contributed by atoms with E-state index in [1.807, 2.05) is 11.6 Å². The number of hydrogen-bond acceptors (Lipinski definition) is 5. The van der Waals surface area contributed by atoms with Crippen molar-refractivity contribution < 1.29 is 0 Å². The predicted molar refractivity (Wildman–Crippen MR) is 104 cm³/mol. The van der Waals surface area contributed by atoms with E-state index in [2.05, 4.69) is 62.7 Å². The first kappa shape index (κ1) is 16.6. The van der Waals surface area contributed by atoms with Crippen molar-refractivity contribution in [1.82, 2.24) is 19.8 Å². The standard InChI is InChI=1S/C20H24N4S/c1-23-6-7-24(13-19-14-25-15-22-19)12-17(11-23)8-16-9-18-4-2-3-5-20(18)21-10-16/h2-5,9-10,14-15,17H,6-8,11-13H2,1H3/t17-/m0/s1. The van der Waals surface area contributed by atoms with Crippen LogP contribution >= 0.6 is 11.3 Å². The van der Waals surface area contributed by atoms with E-state index >= 15 is 0 Å². The number of hydrogen-bond donors (Lipinski definition) is 0. The van der Waals surface area contributed by atoms with Crippen molar-refractivity contribution >= 4 is 22.2 Å². The van der Waals surface area contributed by atoms with Gasteiger partial charge in [0, 0.05) is 49.7 Å². The van der Waals surface area contributed by atoms with Gasteiger partial charge in [-0.25, -0.2) is 4.98 Å². The molecule has 130 valence electrons. The molecule has 0 spiro atoms. The van der Waals surface area contributed by atoms with E-state index in [1.54, 1.807) is 11.3 Å². The van der Waals surface area contributed by atoms with Crippen molar-refractivity contribution in [3.63, 3.8) is 0 Å². The van der Waals surface area contributed by atoms with E-state index in [-0.39, 0.29) is 0 Å². The fourth-order valence-corrected chi connectivity index (χ4v) is 4.29. The molecule has 1 fully saturated rings. The van der Waals surface area contributed by atoms with Gasteiger partial charge in [-0.3, -0.25) is 9.88 Å². The number of likely N-dealkylation sites (N-methyl/N-ethyl adjacent to an activating group) is 1. The number of fused-ring (bicyclic) bond motifs is 1. The zero-order chi connectivity index (χ0) is 17.1. The normalized spacial score (nSPS) is 20.0. The van der Waals surface area contributed by atoms with Crippen molar-refractivity contribution in [1.29, 1.82) is 0 Å². The first-order chi connectivity index (χ1) is 12.3. The third-order valence-electron chi connectivity index (χ3n) is 4.92. The molecule has 2 aromatic heterocycles. The average molecular weight is 353 g/mol. The minimum absolute atomic E-state index is 0.620.